The lowest BCUT2D eigenvalue weighted by atomic mass is 10.2. The Balaban J connectivity index is 1.97. The maximum Gasteiger partial charge on any atom is 0.416 e. The summed E-state index contributed by atoms with van der Waals surface area (Å²) in [5.41, 5.74) is -0.185. The summed E-state index contributed by atoms with van der Waals surface area (Å²) in [5.74, 6) is -1.38. The average Bonchev–Trinajstić information content (AvgIpc) is 3.03. The van der Waals surface area contributed by atoms with Crippen LogP contribution in [-0.2, 0) is 22.1 Å². The molecule has 25 heavy (non-hydrogen) atoms. The summed E-state index contributed by atoms with van der Waals surface area (Å²) in [7, 11) is 0. The van der Waals surface area contributed by atoms with Crippen LogP contribution < -0.4 is 5.32 Å². The van der Waals surface area contributed by atoms with Gasteiger partial charge in [0.15, 0.2) is 11.0 Å². The molecule has 1 atom stereocenters. The number of hydrogen-bond donors (Lipinski definition) is 1. The molecule has 0 radical (unpaired) electrons. The van der Waals surface area contributed by atoms with E-state index in [4.69, 9.17) is 4.74 Å². The third-order valence-electron chi connectivity index (χ3n) is 3.21. The van der Waals surface area contributed by atoms with Gasteiger partial charge in [0.1, 0.15) is 0 Å². The van der Waals surface area contributed by atoms with Crippen molar-refractivity contribution in [2.45, 2.75) is 32.5 Å². The van der Waals surface area contributed by atoms with Crippen LogP contribution in [0.2, 0.25) is 0 Å². The van der Waals surface area contributed by atoms with Crippen LogP contribution in [0.4, 0.5) is 18.9 Å². The first-order chi connectivity index (χ1) is 11.7. The Hall–Kier alpha value is -2.49. The Morgan fingerprint density at radius 3 is 2.48 bits per heavy atom. The maximum absolute atomic E-state index is 12.5. The molecule has 0 bridgehead atoms. The Morgan fingerprint density at radius 1 is 1.28 bits per heavy atom. The fraction of sp³-hybridized carbons (Fsp3) is 0.333. The SMILES string of the molecule is CCc1nnsc1C(=O)O[C@H](C)C(=O)Nc1ccc(C(F)(F)F)cc1. The molecule has 1 N–H and O–H groups in total. The van der Waals surface area contributed by atoms with Gasteiger partial charge >= 0.3 is 12.1 Å². The number of ether oxygens (including phenoxy) is 1. The minimum Gasteiger partial charge on any atom is -0.448 e. The smallest absolute Gasteiger partial charge is 0.416 e. The monoisotopic (exact) mass is 373 g/mol. The quantitative estimate of drug-likeness (QED) is 0.814. The molecule has 1 aromatic heterocycles. The summed E-state index contributed by atoms with van der Waals surface area (Å²) in [4.78, 5) is 24.2. The zero-order valence-electron chi connectivity index (χ0n) is 13.3. The third-order valence-corrected chi connectivity index (χ3v) is 3.96. The average molecular weight is 373 g/mol. The van der Waals surface area contributed by atoms with Gasteiger partial charge in [0.2, 0.25) is 0 Å². The molecule has 0 fully saturated rings. The maximum atomic E-state index is 12.5. The molecule has 0 saturated heterocycles. The highest BCUT2D eigenvalue weighted by Gasteiger charge is 2.30. The number of alkyl halides is 3. The fourth-order valence-electron chi connectivity index (χ4n) is 1.85. The number of halogens is 3. The standard InChI is InChI=1S/C15H14F3N3O3S/c1-3-11-12(25-21-20-11)14(23)24-8(2)13(22)19-10-6-4-9(5-7-10)15(16,17)18/h4-8H,3H2,1-2H3,(H,19,22)/t8-/m1/s1. The number of carbonyl (C=O) groups excluding carboxylic acids is 2. The Kier molecular flexibility index (Phi) is 5.73. The fourth-order valence-corrected chi connectivity index (χ4v) is 2.48. The van der Waals surface area contributed by atoms with Gasteiger partial charge < -0.3 is 10.1 Å². The number of esters is 1. The molecule has 1 amide bonds. The minimum atomic E-state index is -4.45. The molecule has 0 spiro atoms. The van der Waals surface area contributed by atoms with E-state index < -0.39 is 29.7 Å². The number of nitrogens with one attached hydrogen (secondary N) is 1. The number of aryl methyl sites for hydroxylation is 1. The van der Waals surface area contributed by atoms with E-state index in [9.17, 15) is 22.8 Å². The lowest BCUT2D eigenvalue weighted by Crippen LogP contribution is -2.30. The van der Waals surface area contributed by atoms with Crippen molar-refractivity contribution >= 4 is 29.1 Å². The highest BCUT2D eigenvalue weighted by molar-refractivity contribution is 7.07. The second-order valence-corrected chi connectivity index (χ2v) is 5.77. The largest absolute Gasteiger partial charge is 0.448 e. The molecule has 0 saturated carbocycles. The van der Waals surface area contributed by atoms with E-state index >= 15 is 0 Å². The number of aromatic nitrogens is 2. The van der Waals surface area contributed by atoms with Crippen LogP contribution in [-0.4, -0.2) is 27.6 Å². The van der Waals surface area contributed by atoms with Gasteiger partial charge in [-0.1, -0.05) is 11.4 Å². The van der Waals surface area contributed by atoms with Crippen LogP contribution in [0.1, 0.15) is 34.8 Å². The molecule has 1 heterocycles. The molecule has 10 heteroatoms. The number of hydrogen-bond acceptors (Lipinski definition) is 6. The van der Waals surface area contributed by atoms with E-state index in [1.807, 2.05) is 0 Å². The van der Waals surface area contributed by atoms with Crippen molar-refractivity contribution < 1.29 is 27.5 Å². The molecule has 134 valence electrons. The van der Waals surface area contributed by atoms with Crippen LogP contribution in [0.5, 0.6) is 0 Å². The van der Waals surface area contributed by atoms with Crippen molar-refractivity contribution in [3.8, 4) is 0 Å². The summed E-state index contributed by atoms with van der Waals surface area (Å²) < 4.78 is 46.2. The number of nitrogens with zero attached hydrogens (tertiary/aromatic N) is 2. The summed E-state index contributed by atoms with van der Waals surface area (Å²) >= 11 is 0.870. The number of amides is 1. The van der Waals surface area contributed by atoms with Crippen molar-refractivity contribution in [1.82, 2.24) is 9.59 Å². The van der Waals surface area contributed by atoms with E-state index in [-0.39, 0.29) is 10.6 Å². The van der Waals surface area contributed by atoms with E-state index in [0.717, 1.165) is 35.8 Å². The van der Waals surface area contributed by atoms with Gasteiger partial charge in [-0.2, -0.15) is 13.2 Å². The van der Waals surface area contributed by atoms with E-state index in [2.05, 4.69) is 14.9 Å². The van der Waals surface area contributed by atoms with E-state index in [1.165, 1.54) is 6.92 Å². The van der Waals surface area contributed by atoms with Crippen molar-refractivity contribution in [2.75, 3.05) is 5.32 Å². The van der Waals surface area contributed by atoms with E-state index in [0.29, 0.717) is 12.1 Å². The van der Waals surface area contributed by atoms with Crippen LogP contribution in [0, 0.1) is 0 Å². The van der Waals surface area contributed by atoms with Crippen molar-refractivity contribution in [3.63, 3.8) is 0 Å². The molecule has 0 aliphatic carbocycles. The zero-order valence-corrected chi connectivity index (χ0v) is 14.1. The summed E-state index contributed by atoms with van der Waals surface area (Å²) in [6, 6.07) is 3.95. The lowest BCUT2D eigenvalue weighted by molar-refractivity contribution is -0.137. The van der Waals surface area contributed by atoms with Crippen molar-refractivity contribution in [3.05, 3.63) is 40.4 Å². The third kappa shape index (κ3) is 4.75. The molecule has 1 aromatic carbocycles. The predicted octanol–water partition coefficient (Wildman–Crippen LogP) is 3.30. The normalized spacial score (nSPS) is 12.5. The molecule has 6 nitrogen and oxygen atoms in total. The molecular formula is C15H14F3N3O3S. The zero-order chi connectivity index (χ0) is 18.6. The van der Waals surface area contributed by atoms with Gasteiger partial charge in [-0.25, -0.2) is 4.79 Å². The van der Waals surface area contributed by atoms with Gasteiger partial charge in [0, 0.05) is 5.69 Å². The first-order valence-corrected chi connectivity index (χ1v) is 8.00. The van der Waals surface area contributed by atoms with E-state index in [1.54, 1.807) is 6.92 Å². The molecule has 0 aliphatic rings. The second-order valence-electron chi connectivity index (χ2n) is 5.01. The number of carbonyl (C=O) groups is 2. The second kappa shape index (κ2) is 7.60. The first-order valence-electron chi connectivity index (χ1n) is 7.22. The summed E-state index contributed by atoms with van der Waals surface area (Å²) in [6.45, 7) is 3.16. The van der Waals surface area contributed by atoms with Crippen molar-refractivity contribution in [1.29, 1.82) is 0 Å². The lowest BCUT2D eigenvalue weighted by Gasteiger charge is -2.13. The molecule has 0 aliphatic heterocycles. The van der Waals surface area contributed by atoms with Crippen LogP contribution in [0.25, 0.3) is 0 Å². The van der Waals surface area contributed by atoms with Crippen LogP contribution in [0.15, 0.2) is 24.3 Å². The van der Waals surface area contributed by atoms with Crippen molar-refractivity contribution in [2.24, 2.45) is 0 Å². The Bertz CT molecular complexity index is 759. The topological polar surface area (TPSA) is 81.2 Å². The first kappa shape index (κ1) is 18.8. The molecule has 2 rings (SSSR count). The molecule has 2 aromatic rings. The molecular weight excluding hydrogens is 359 g/mol. The van der Waals surface area contributed by atoms with Gasteiger partial charge in [0.25, 0.3) is 5.91 Å². The van der Waals surface area contributed by atoms with Gasteiger partial charge in [-0.3, -0.25) is 4.79 Å². The molecule has 0 unspecified atom stereocenters. The van der Waals surface area contributed by atoms with Crippen LogP contribution >= 0.6 is 11.5 Å². The van der Waals surface area contributed by atoms with Gasteiger partial charge in [0.05, 0.1) is 11.3 Å². The number of rotatable bonds is 5. The Morgan fingerprint density at radius 2 is 1.92 bits per heavy atom. The number of benzene rings is 1. The number of anilines is 1. The highest BCUT2D eigenvalue weighted by Crippen LogP contribution is 2.29. The predicted molar refractivity (Wildman–Crippen MR) is 84.2 cm³/mol. The van der Waals surface area contributed by atoms with Gasteiger partial charge in [-0.15, -0.1) is 5.10 Å². The van der Waals surface area contributed by atoms with Crippen LogP contribution in [0.3, 0.4) is 0 Å². The summed E-state index contributed by atoms with van der Waals surface area (Å²) in [5, 5.41) is 6.17. The highest BCUT2D eigenvalue weighted by atomic mass is 32.1. The summed E-state index contributed by atoms with van der Waals surface area (Å²) in [6.07, 6.45) is -5.10. The van der Waals surface area contributed by atoms with Gasteiger partial charge in [-0.05, 0) is 49.1 Å². The minimum absolute atomic E-state index is 0.162. The Labute approximate surface area is 145 Å².